The number of rotatable bonds is 3. The molecule has 0 aromatic carbocycles. The minimum atomic E-state index is -0.192. The fraction of sp³-hybridized carbons (Fsp3) is 0.750. The van der Waals surface area contributed by atoms with Crippen molar-refractivity contribution in [2.24, 2.45) is 0 Å². The Kier molecular flexibility index (Phi) is 5.70. The van der Waals surface area contributed by atoms with Gasteiger partial charge in [-0.2, -0.15) is 4.58 Å². The second-order valence-electron chi connectivity index (χ2n) is 2.59. The Labute approximate surface area is 88.3 Å². The molecule has 0 N–H and O–H groups in total. The molecule has 76 valence electrons. The predicted molar refractivity (Wildman–Crippen MR) is 43.3 cm³/mol. The number of carbonyl (C=O) groups is 1. The second kappa shape index (κ2) is 5.96. The molecule has 0 radical (unpaired) electrons. The number of esters is 1. The molecule has 0 aromatic heterocycles. The Bertz CT molecular complexity index is 215. The van der Waals surface area contributed by atoms with E-state index in [4.69, 9.17) is 9.47 Å². The van der Waals surface area contributed by atoms with Gasteiger partial charge in [-0.25, -0.2) is 4.79 Å². The van der Waals surface area contributed by atoms with Crippen LogP contribution in [0.2, 0.25) is 0 Å². The molecule has 1 rings (SSSR count). The number of halogens is 1. The van der Waals surface area contributed by atoms with E-state index < -0.39 is 0 Å². The molecule has 0 aromatic rings. The first-order chi connectivity index (χ1) is 5.74. The number of hydrogen-bond donors (Lipinski definition) is 0. The molecule has 1 aliphatic rings. The van der Waals surface area contributed by atoms with Crippen LogP contribution in [0.15, 0.2) is 0 Å². The largest absolute Gasteiger partial charge is 1.00 e. The zero-order valence-electron chi connectivity index (χ0n) is 7.88. The van der Waals surface area contributed by atoms with Crippen LogP contribution in [-0.2, 0) is 14.3 Å². The number of ether oxygens (including phenoxy) is 2. The van der Waals surface area contributed by atoms with Gasteiger partial charge >= 0.3 is 11.9 Å². The van der Waals surface area contributed by atoms with Crippen molar-refractivity contribution in [2.75, 3.05) is 26.3 Å². The fourth-order valence-corrected chi connectivity index (χ4v) is 1.11. The van der Waals surface area contributed by atoms with Gasteiger partial charge < -0.3 is 26.5 Å². The highest BCUT2D eigenvalue weighted by atomic mass is 79.9. The van der Waals surface area contributed by atoms with Crippen LogP contribution in [0.5, 0.6) is 0 Å². The van der Waals surface area contributed by atoms with Gasteiger partial charge in [-0.05, 0) is 6.92 Å². The molecule has 1 heterocycles. The Morgan fingerprint density at radius 1 is 1.69 bits per heavy atom. The lowest BCUT2D eigenvalue weighted by molar-refractivity contribution is -0.509. The van der Waals surface area contributed by atoms with E-state index in [1.54, 1.807) is 6.92 Å². The Hall–Kier alpha value is -0.580. The summed E-state index contributed by atoms with van der Waals surface area (Å²) >= 11 is 0. The van der Waals surface area contributed by atoms with Crippen LogP contribution < -0.4 is 17.0 Å². The van der Waals surface area contributed by atoms with Crippen LogP contribution in [0.1, 0.15) is 13.8 Å². The molecule has 0 saturated heterocycles. The normalized spacial score (nSPS) is 14.9. The van der Waals surface area contributed by atoms with Crippen LogP contribution in [0, 0.1) is 0 Å². The highest BCUT2D eigenvalue weighted by molar-refractivity contribution is 5.73. The van der Waals surface area contributed by atoms with Gasteiger partial charge in [0.2, 0.25) is 6.54 Å². The van der Waals surface area contributed by atoms with Gasteiger partial charge in [0.05, 0.1) is 13.5 Å². The lowest BCUT2D eigenvalue weighted by Crippen LogP contribution is -3.00. The lowest BCUT2D eigenvalue weighted by atomic mass is 10.5. The Balaban J connectivity index is 0.00000144. The first-order valence-electron chi connectivity index (χ1n) is 4.11. The van der Waals surface area contributed by atoms with Crippen LogP contribution in [0.3, 0.4) is 0 Å². The van der Waals surface area contributed by atoms with Crippen molar-refractivity contribution in [3.8, 4) is 0 Å². The number of carbonyl (C=O) groups excluding carboxylic acids is 1. The van der Waals surface area contributed by atoms with Crippen molar-refractivity contribution in [3.63, 3.8) is 0 Å². The van der Waals surface area contributed by atoms with Gasteiger partial charge in [-0.1, -0.05) is 0 Å². The summed E-state index contributed by atoms with van der Waals surface area (Å²) in [6.07, 6.45) is 0. The standard InChI is InChI=1S/C8H14NO3.BrH/c1-3-11-8(10)6-9-4-5-12-7(9)2;/h3-6H2,1-2H3;1H/q+1;/p-1. The minimum Gasteiger partial charge on any atom is -1.00 e. The van der Waals surface area contributed by atoms with E-state index in [0.29, 0.717) is 19.8 Å². The van der Waals surface area contributed by atoms with Gasteiger partial charge in [0, 0.05) is 0 Å². The number of hydrogen-bond acceptors (Lipinski definition) is 3. The monoisotopic (exact) mass is 251 g/mol. The molecule has 5 heteroatoms. The highest BCUT2D eigenvalue weighted by Gasteiger charge is 2.22. The summed E-state index contributed by atoms with van der Waals surface area (Å²) in [5.41, 5.74) is 0. The molecule has 0 aliphatic carbocycles. The third kappa shape index (κ3) is 3.76. The molecule has 0 fully saturated rings. The Morgan fingerprint density at radius 3 is 2.85 bits per heavy atom. The summed E-state index contributed by atoms with van der Waals surface area (Å²) in [6.45, 7) is 5.85. The molecule has 0 amide bonds. The topological polar surface area (TPSA) is 38.5 Å². The summed E-state index contributed by atoms with van der Waals surface area (Å²) in [4.78, 5) is 11.0. The molecule has 13 heavy (non-hydrogen) atoms. The van der Waals surface area contributed by atoms with Crippen molar-refractivity contribution in [2.45, 2.75) is 13.8 Å². The molecule has 0 unspecified atom stereocenters. The zero-order chi connectivity index (χ0) is 8.97. The molecule has 0 atom stereocenters. The van der Waals surface area contributed by atoms with E-state index in [2.05, 4.69) is 0 Å². The van der Waals surface area contributed by atoms with Crippen LogP contribution in [0.25, 0.3) is 0 Å². The predicted octanol–water partition coefficient (Wildman–Crippen LogP) is -2.99. The third-order valence-electron chi connectivity index (χ3n) is 1.74. The highest BCUT2D eigenvalue weighted by Crippen LogP contribution is 1.94. The van der Waals surface area contributed by atoms with Crippen LogP contribution in [0.4, 0.5) is 0 Å². The van der Waals surface area contributed by atoms with E-state index in [-0.39, 0.29) is 23.0 Å². The molecule has 0 saturated carbocycles. The summed E-state index contributed by atoms with van der Waals surface area (Å²) in [6, 6.07) is 0. The average molecular weight is 252 g/mol. The maximum atomic E-state index is 11.0. The summed E-state index contributed by atoms with van der Waals surface area (Å²) in [5, 5.41) is 0. The summed E-state index contributed by atoms with van der Waals surface area (Å²) in [7, 11) is 0. The summed E-state index contributed by atoms with van der Waals surface area (Å²) in [5.74, 6) is 0.616. The van der Waals surface area contributed by atoms with Crippen LogP contribution >= 0.6 is 0 Å². The zero-order valence-corrected chi connectivity index (χ0v) is 9.46. The van der Waals surface area contributed by atoms with E-state index in [1.807, 2.05) is 11.5 Å². The smallest absolute Gasteiger partial charge is 0.372 e. The first kappa shape index (κ1) is 12.4. The van der Waals surface area contributed by atoms with Gasteiger partial charge in [0.1, 0.15) is 0 Å². The fourth-order valence-electron chi connectivity index (χ4n) is 1.11. The molecule has 0 spiro atoms. The van der Waals surface area contributed by atoms with Crippen LogP contribution in [-0.4, -0.2) is 42.7 Å². The van der Waals surface area contributed by atoms with E-state index >= 15 is 0 Å². The van der Waals surface area contributed by atoms with E-state index in [9.17, 15) is 4.79 Å². The van der Waals surface area contributed by atoms with Gasteiger partial charge in [-0.15, -0.1) is 0 Å². The molecular weight excluding hydrogens is 238 g/mol. The Morgan fingerprint density at radius 2 is 2.38 bits per heavy atom. The van der Waals surface area contributed by atoms with Crippen molar-refractivity contribution in [1.29, 1.82) is 0 Å². The SMILES string of the molecule is CCOC(=O)C[N+]1=C(C)OCC1.[Br-]. The quantitative estimate of drug-likeness (QED) is 0.397. The maximum Gasteiger partial charge on any atom is 0.372 e. The van der Waals surface area contributed by atoms with Gasteiger partial charge in [0.15, 0.2) is 13.2 Å². The maximum absolute atomic E-state index is 11.0. The van der Waals surface area contributed by atoms with E-state index in [1.165, 1.54) is 0 Å². The van der Waals surface area contributed by atoms with Crippen molar-refractivity contribution < 1.29 is 35.8 Å². The molecule has 1 aliphatic heterocycles. The molecule has 4 nitrogen and oxygen atoms in total. The lowest BCUT2D eigenvalue weighted by Gasteiger charge is -1.98. The average Bonchev–Trinajstić information content (AvgIpc) is 2.37. The van der Waals surface area contributed by atoms with Crippen molar-refractivity contribution in [1.82, 2.24) is 0 Å². The molecular formula is C8H14BrNO3. The van der Waals surface area contributed by atoms with Gasteiger partial charge in [-0.3, -0.25) is 0 Å². The minimum absolute atomic E-state index is 0. The van der Waals surface area contributed by atoms with Crippen molar-refractivity contribution >= 4 is 11.9 Å². The second-order valence-corrected chi connectivity index (χ2v) is 2.59. The van der Waals surface area contributed by atoms with E-state index in [0.717, 1.165) is 12.4 Å². The first-order valence-corrected chi connectivity index (χ1v) is 4.11. The number of nitrogens with zero attached hydrogens (tertiary/aromatic N) is 1. The third-order valence-corrected chi connectivity index (χ3v) is 1.74. The van der Waals surface area contributed by atoms with Crippen molar-refractivity contribution in [3.05, 3.63) is 0 Å². The van der Waals surface area contributed by atoms with Gasteiger partial charge in [0.25, 0.3) is 0 Å². The summed E-state index contributed by atoms with van der Waals surface area (Å²) < 4.78 is 11.9. The molecule has 0 bridgehead atoms.